The van der Waals surface area contributed by atoms with Crippen LogP contribution in [0.5, 0.6) is 11.5 Å². The molecule has 0 spiro atoms. The Kier molecular flexibility index (Phi) is 10.9. The first-order valence-corrected chi connectivity index (χ1v) is 15.0. The third-order valence-corrected chi connectivity index (χ3v) is 8.86. The van der Waals surface area contributed by atoms with Crippen LogP contribution in [0.2, 0.25) is 0 Å². The molecule has 5 N–H and O–H groups in total. The quantitative estimate of drug-likeness (QED) is 0.208. The number of rotatable bonds is 12. The Bertz CT molecular complexity index is 1500. The maximum atomic E-state index is 13.7. The second kappa shape index (κ2) is 14.6. The van der Waals surface area contributed by atoms with Gasteiger partial charge in [-0.3, -0.25) is 0 Å². The number of aliphatic hydroxyl groups excluding tert-OH is 1. The average Bonchev–Trinajstić information content (AvgIpc) is 2.99. The van der Waals surface area contributed by atoms with Gasteiger partial charge in [0.1, 0.15) is 30.1 Å². The molecular weight excluding hydrogens is 589 g/mol. The van der Waals surface area contributed by atoms with E-state index in [1.807, 2.05) is 0 Å². The van der Waals surface area contributed by atoms with Gasteiger partial charge in [-0.15, -0.1) is 0 Å². The van der Waals surface area contributed by atoms with Crippen molar-refractivity contribution in [2.45, 2.75) is 30.4 Å². The first-order chi connectivity index (χ1) is 20.5. The van der Waals surface area contributed by atoms with Crippen molar-refractivity contribution in [2.75, 3.05) is 38.1 Å². The Balaban J connectivity index is 1.17. The zero-order valence-corrected chi connectivity index (χ0v) is 23.9. The van der Waals surface area contributed by atoms with E-state index in [1.54, 1.807) is 0 Å². The number of hydrogen-bond acceptors (Lipinski definition) is 7. The van der Waals surface area contributed by atoms with Crippen LogP contribution in [0.3, 0.4) is 0 Å². The number of phenolic OH excluding ortho intramolecular Hbond substituents is 1. The molecule has 1 heterocycles. The monoisotopic (exact) mass is 622 g/mol. The molecule has 3 aromatic carbocycles. The van der Waals surface area contributed by atoms with Gasteiger partial charge in [-0.1, -0.05) is 0 Å². The Morgan fingerprint density at radius 3 is 2.42 bits per heavy atom. The number of benzene rings is 3. The number of urea groups is 1. The van der Waals surface area contributed by atoms with Crippen LogP contribution in [0.25, 0.3) is 0 Å². The van der Waals surface area contributed by atoms with Gasteiger partial charge in [-0.05, 0) is 79.9 Å². The number of halogens is 3. The first kappa shape index (κ1) is 32.1. The maximum Gasteiger partial charge on any atom is 0.319 e. The number of phenols is 1. The number of piperidine rings is 1. The van der Waals surface area contributed by atoms with Crippen molar-refractivity contribution in [1.82, 2.24) is 14.9 Å². The van der Waals surface area contributed by atoms with E-state index in [0.717, 1.165) is 24.3 Å². The molecule has 1 aliphatic heterocycles. The number of aliphatic hydroxyl groups is 1. The van der Waals surface area contributed by atoms with Gasteiger partial charge in [0.05, 0.1) is 4.90 Å². The predicted octanol–water partition coefficient (Wildman–Crippen LogP) is 3.56. The van der Waals surface area contributed by atoms with E-state index in [4.69, 9.17) is 4.74 Å². The van der Waals surface area contributed by atoms with Gasteiger partial charge in [0.15, 0.2) is 11.6 Å². The van der Waals surface area contributed by atoms with Gasteiger partial charge in [-0.25, -0.2) is 26.4 Å². The molecule has 0 saturated carbocycles. The second-order valence-electron chi connectivity index (χ2n) is 10.2. The molecular formula is C29H33F3N4O6S. The van der Waals surface area contributed by atoms with Gasteiger partial charge in [-0.2, -0.15) is 4.31 Å². The fraction of sp³-hybridized carbons (Fsp3) is 0.345. The number of anilines is 1. The summed E-state index contributed by atoms with van der Waals surface area (Å²) in [4.78, 5) is 12.2. The number of carbonyl (C=O) groups is 1. The largest absolute Gasteiger partial charge is 0.505 e. The molecule has 232 valence electrons. The van der Waals surface area contributed by atoms with Crippen LogP contribution in [0.4, 0.5) is 23.7 Å². The number of nitrogens with one attached hydrogen (secondary N) is 3. The van der Waals surface area contributed by atoms with E-state index in [2.05, 4.69) is 16.0 Å². The molecule has 0 radical (unpaired) electrons. The minimum atomic E-state index is -3.75. The summed E-state index contributed by atoms with van der Waals surface area (Å²) in [5.41, 5.74) is 0.313. The van der Waals surface area contributed by atoms with Gasteiger partial charge >= 0.3 is 6.03 Å². The van der Waals surface area contributed by atoms with Crippen molar-refractivity contribution in [3.8, 4) is 11.5 Å². The van der Waals surface area contributed by atoms with E-state index in [1.165, 1.54) is 40.7 Å². The summed E-state index contributed by atoms with van der Waals surface area (Å²) < 4.78 is 73.4. The van der Waals surface area contributed by atoms with Gasteiger partial charge in [0.2, 0.25) is 10.0 Å². The lowest BCUT2D eigenvalue weighted by atomic mass is 9.98. The average molecular weight is 623 g/mol. The highest BCUT2D eigenvalue weighted by Gasteiger charge is 2.29. The third kappa shape index (κ3) is 9.07. The molecule has 1 fully saturated rings. The van der Waals surface area contributed by atoms with Crippen molar-refractivity contribution in [3.63, 3.8) is 0 Å². The summed E-state index contributed by atoms with van der Waals surface area (Å²) in [6.45, 7) is 1.16. The topological polar surface area (TPSA) is 140 Å². The number of amides is 2. The van der Waals surface area contributed by atoms with Crippen LogP contribution < -0.4 is 20.7 Å². The molecule has 10 nitrogen and oxygen atoms in total. The summed E-state index contributed by atoms with van der Waals surface area (Å²) in [5, 5.41) is 27.4. The van der Waals surface area contributed by atoms with Gasteiger partial charge in [0, 0.05) is 43.5 Å². The highest BCUT2D eigenvalue weighted by molar-refractivity contribution is 7.89. The van der Waals surface area contributed by atoms with E-state index < -0.39 is 45.4 Å². The van der Waals surface area contributed by atoms with E-state index in [-0.39, 0.29) is 41.8 Å². The molecule has 0 aromatic heterocycles. The zero-order valence-electron chi connectivity index (χ0n) is 23.1. The molecule has 14 heteroatoms. The molecule has 4 rings (SSSR count). The summed E-state index contributed by atoms with van der Waals surface area (Å²) in [6, 6.07) is 11.5. The number of carbonyl (C=O) groups excluding carboxylic acids is 1. The third-order valence-electron chi connectivity index (χ3n) is 6.95. The summed E-state index contributed by atoms with van der Waals surface area (Å²) in [7, 11) is -3.75. The molecule has 1 aliphatic rings. The van der Waals surface area contributed by atoms with Crippen molar-refractivity contribution in [2.24, 2.45) is 5.92 Å². The lowest BCUT2D eigenvalue weighted by Gasteiger charge is -2.31. The van der Waals surface area contributed by atoms with Gasteiger partial charge < -0.3 is 30.9 Å². The summed E-state index contributed by atoms with van der Waals surface area (Å²) in [5.74, 6) is -2.18. The fourth-order valence-electron chi connectivity index (χ4n) is 4.53. The Hall–Kier alpha value is -3.85. The summed E-state index contributed by atoms with van der Waals surface area (Å²) in [6.07, 6.45) is 0.395. The lowest BCUT2D eigenvalue weighted by Crippen LogP contribution is -2.42. The minimum Gasteiger partial charge on any atom is -0.505 e. The highest BCUT2D eigenvalue weighted by Crippen LogP contribution is 2.25. The van der Waals surface area contributed by atoms with Crippen molar-refractivity contribution in [1.29, 1.82) is 0 Å². The zero-order chi connectivity index (χ0) is 31.0. The predicted molar refractivity (Wildman–Crippen MR) is 153 cm³/mol. The number of hydrogen-bond donors (Lipinski definition) is 5. The first-order valence-electron chi connectivity index (χ1n) is 13.6. The van der Waals surface area contributed by atoms with Crippen LogP contribution in [0.1, 0.15) is 18.4 Å². The number of aromatic hydroxyl groups is 1. The van der Waals surface area contributed by atoms with Crippen LogP contribution in [0.15, 0.2) is 65.6 Å². The van der Waals surface area contributed by atoms with Gasteiger partial charge in [0.25, 0.3) is 0 Å². The van der Waals surface area contributed by atoms with E-state index >= 15 is 0 Å². The normalized spacial score (nSPS) is 15.2. The minimum absolute atomic E-state index is 0.0101. The van der Waals surface area contributed by atoms with Crippen molar-refractivity contribution >= 4 is 21.7 Å². The molecule has 3 aromatic rings. The fourth-order valence-corrected chi connectivity index (χ4v) is 6.00. The number of ether oxygens (including phenoxy) is 1. The summed E-state index contributed by atoms with van der Waals surface area (Å²) >= 11 is 0. The van der Waals surface area contributed by atoms with Crippen LogP contribution in [-0.2, 0) is 16.6 Å². The number of sulfonamides is 1. The molecule has 1 atom stereocenters. The maximum absolute atomic E-state index is 13.7. The SMILES string of the molecule is O=C(NCc1cc(F)ccc1F)Nc1ccc(S(=O)(=O)N2CCC(CNC[C@H](O)COc3ccc(O)c(F)c3)CC2)cc1. The lowest BCUT2D eigenvalue weighted by molar-refractivity contribution is 0.104. The smallest absolute Gasteiger partial charge is 0.319 e. The van der Waals surface area contributed by atoms with E-state index in [9.17, 15) is 36.6 Å². The standard InChI is InChI=1S/C29H33F3N4O6S/c30-21-1-7-26(31)20(13-21)16-34-29(39)35-22-2-5-25(6-3-22)43(40,41)36-11-9-19(10-12-36)15-33-17-23(37)18-42-24-4-8-28(38)27(32)14-24/h1-8,13-14,19,23,33,37-38H,9-12,15-18H2,(H2,34,35,39)/t23-/m0/s1. The number of nitrogens with zero attached hydrogens (tertiary/aromatic N) is 1. The van der Waals surface area contributed by atoms with Crippen LogP contribution in [0, 0.1) is 23.4 Å². The molecule has 2 amide bonds. The highest BCUT2D eigenvalue weighted by atomic mass is 32.2. The Labute approximate surface area is 247 Å². The molecule has 0 bridgehead atoms. The molecule has 43 heavy (non-hydrogen) atoms. The van der Waals surface area contributed by atoms with Crippen molar-refractivity contribution in [3.05, 3.63) is 83.7 Å². The molecule has 0 unspecified atom stereocenters. The van der Waals surface area contributed by atoms with E-state index in [0.29, 0.717) is 38.2 Å². The second-order valence-corrected chi connectivity index (χ2v) is 12.1. The molecule has 1 saturated heterocycles. The Morgan fingerprint density at radius 2 is 1.72 bits per heavy atom. The van der Waals surface area contributed by atoms with Crippen LogP contribution >= 0.6 is 0 Å². The van der Waals surface area contributed by atoms with Crippen molar-refractivity contribution < 1.29 is 41.3 Å². The van der Waals surface area contributed by atoms with Crippen LogP contribution in [-0.4, -0.2) is 67.9 Å². The Morgan fingerprint density at radius 1 is 1.00 bits per heavy atom. The molecule has 0 aliphatic carbocycles.